The molecule has 50 valence electrons. The maximum Gasteiger partial charge on any atom is 0.296 e. The highest BCUT2D eigenvalue weighted by Crippen LogP contribution is 2.12. The Bertz CT molecular complexity index is 580. The van der Waals surface area contributed by atoms with Crippen LogP contribution < -0.4 is 0 Å². The van der Waals surface area contributed by atoms with Crippen molar-refractivity contribution in [2.45, 2.75) is 0 Å². The largest absolute Gasteiger partial charge is 0.480 e. The molecule has 0 saturated heterocycles. The van der Waals surface area contributed by atoms with Crippen molar-refractivity contribution in [3.63, 3.8) is 0 Å². The summed E-state index contributed by atoms with van der Waals surface area (Å²) in [6.45, 7) is 0. The predicted octanol–water partition coefficient (Wildman–Crippen LogP) is 1.27. The summed E-state index contributed by atoms with van der Waals surface area (Å²) in [5.41, 5.74) is -0.184. The first-order valence-corrected chi connectivity index (χ1v) is 2.60. The first-order valence-electron chi connectivity index (χ1n) is 5.45. The molecule has 0 fully saturated rings. The van der Waals surface area contributed by atoms with Crippen LogP contribution in [0.15, 0.2) is 24.2 Å². The molecule has 0 atom stereocenters. The van der Waals surface area contributed by atoms with Gasteiger partial charge in [0.2, 0.25) is 0 Å². The number of aromatic nitrogens is 2. The highest BCUT2D eigenvalue weighted by molar-refractivity contribution is 5.75. The average Bonchev–Trinajstić information content (AvgIpc) is 2.61. The van der Waals surface area contributed by atoms with Gasteiger partial charge in [0.05, 0.1) is 16.5 Å². The van der Waals surface area contributed by atoms with E-state index in [1.54, 1.807) is 0 Å². The van der Waals surface area contributed by atoms with E-state index in [9.17, 15) is 0 Å². The maximum atomic E-state index is 7.57. The molecule has 2 N–H and O–H groups in total. The molecule has 0 spiro atoms. The van der Waals surface area contributed by atoms with Crippen LogP contribution in [0, 0.1) is 0 Å². The summed E-state index contributed by atoms with van der Waals surface area (Å²) in [6.07, 6.45) is 0. The quantitative estimate of drug-likeness (QED) is 0.626. The van der Waals surface area contributed by atoms with Crippen molar-refractivity contribution in [3.8, 4) is 6.01 Å². The second kappa shape index (κ2) is 1.73. The Morgan fingerprint density at radius 3 is 3.50 bits per heavy atom. The number of aromatic hydroxyl groups is 1. The fourth-order valence-corrected chi connectivity index (χ4v) is 0.677. The summed E-state index contributed by atoms with van der Waals surface area (Å²) in [4.78, 5) is 4.22. The van der Waals surface area contributed by atoms with Gasteiger partial charge < -0.3 is 10.1 Å². The normalized spacial score (nSPS) is 18.4. The Labute approximate surface area is 65.9 Å². The van der Waals surface area contributed by atoms with Gasteiger partial charge in [-0.2, -0.15) is 4.98 Å². The number of hydrogen-bond acceptors (Lipinski definition) is 2. The predicted molar refractivity (Wildman–Crippen MR) is 37.8 cm³/mol. The van der Waals surface area contributed by atoms with Gasteiger partial charge in [0.1, 0.15) is 0 Å². The van der Waals surface area contributed by atoms with E-state index in [0.29, 0.717) is 4.98 Å². The van der Waals surface area contributed by atoms with Gasteiger partial charge in [-0.05, 0) is 12.1 Å². The summed E-state index contributed by atoms with van der Waals surface area (Å²) in [7, 11) is 0. The van der Waals surface area contributed by atoms with Crippen LogP contribution in [0.4, 0.5) is 0 Å². The highest BCUT2D eigenvalue weighted by atomic mass is 16.3. The van der Waals surface area contributed by atoms with Crippen molar-refractivity contribution in [1.82, 2.24) is 9.96 Å². The molecule has 10 heavy (non-hydrogen) atoms. The van der Waals surface area contributed by atoms with Gasteiger partial charge in [0, 0.05) is 0 Å². The van der Waals surface area contributed by atoms with E-state index in [-0.39, 0.29) is 23.1 Å². The first kappa shape index (κ1) is 1.99. The molecule has 1 aromatic carbocycles. The number of H-pyrrole nitrogens is 1. The summed E-state index contributed by atoms with van der Waals surface area (Å²) in [5, 5.41) is 4.04. The monoisotopic (exact) mass is 140 g/mol. The molecule has 0 aliphatic rings. The Hall–Kier alpha value is -1.51. The summed E-state index contributed by atoms with van der Waals surface area (Å²) in [5.74, 6) is 0. The zero-order chi connectivity index (χ0) is 12.0. The van der Waals surface area contributed by atoms with E-state index in [1.165, 1.54) is 0 Å². The fourth-order valence-electron chi connectivity index (χ4n) is 0.677. The number of benzene rings is 1. The zero-order valence-electron chi connectivity index (χ0n) is 10.8. The molecule has 0 aliphatic heterocycles. The second-order valence-corrected chi connectivity index (χ2v) is 1.70. The number of rotatable bonds is 1. The van der Waals surface area contributed by atoms with E-state index in [0.717, 1.165) is 0 Å². The number of fused-ring (bicyclic) bond motifs is 1. The number of imidazole rings is 1. The lowest BCUT2D eigenvalue weighted by atomic mass is 10.3. The number of nitrogens with one attached hydrogen (secondary N) is 1. The van der Waals surface area contributed by atoms with Crippen LogP contribution in [0.25, 0.3) is 11.0 Å². The fraction of sp³-hybridized carbons (Fsp3) is 0. The molecule has 0 bridgehead atoms. The van der Waals surface area contributed by atoms with Crippen LogP contribution in [-0.2, 0) is 0 Å². The van der Waals surface area contributed by atoms with Crippen LogP contribution in [0.5, 0.6) is 6.01 Å². The summed E-state index contributed by atoms with van der Waals surface area (Å²) >= 11 is 0. The Morgan fingerprint density at radius 2 is 2.60 bits per heavy atom. The minimum absolute atomic E-state index is 0.0803. The van der Waals surface area contributed by atoms with Crippen molar-refractivity contribution >= 4 is 11.0 Å². The Kier molecular flexibility index (Phi) is 0.344. The standard InChI is InChI=1S/C7H6N2O/c10-7-8-5-3-1-2-4-6(5)9-7/h1-4H,(H2,8,9,10)/i1D,2D,3D,4D/hD2. The molecule has 0 saturated carbocycles. The minimum atomic E-state index is -0.442. The topological polar surface area (TPSA) is 48.9 Å². The Morgan fingerprint density at radius 1 is 1.70 bits per heavy atom. The van der Waals surface area contributed by atoms with Gasteiger partial charge >= 0.3 is 0 Å². The lowest BCUT2D eigenvalue weighted by Gasteiger charge is -1.80. The number of para-hydroxylation sites is 2. The molecular weight excluding hydrogens is 128 g/mol. The van der Waals surface area contributed by atoms with Crippen molar-refractivity contribution < 1.29 is 12.0 Å². The zero-order valence-corrected chi connectivity index (χ0v) is 4.80. The number of nitrogens with zero attached hydrogens (tertiary/aromatic N) is 1. The average molecular weight is 140 g/mol. The molecule has 2 aromatic rings. The van der Waals surface area contributed by atoms with Gasteiger partial charge in [0.15, 0.2) is 1.41 Å². The third kappa shape index (κ3) is 0.639. The molecule has 1 aromatic heterocycles. The van der Waals surface area contributed by atoms with Crippen LogP contribution >= 0.6 is 0 Å². The molecule has 1 heterocycles. The molecule has 0 amide bonds. The first-order chi connectivity index (χ1) is 7.49. The van der Waals surface area contributed by atoms with Crippen LogP contribution in [0.2, 0.25) is 1.41 Å². The molecule has 3 heteroatoms. The van der Waals surface area contributed by atoms with Gasteiger partial charge in [-0.25, -0.2) is 0 Å². The minimum Gasteiger partial charge on any atom is -0.480 e. The summed E-state index contributed by atoms with van der Waals surface area (Å²) < 4.78 is 44.1. The molecule has 0 radical (unpaired) electrons. The van der Waals surface area contributed by atoms with Crippen molar-refractivity contribution in [2.24, 2.45) is 0 Å². The second-order valence-electron chi connectivity index (χ2n) is 1.70. The summed E-state index contributed by atoms with van der Waals surface area (Å²) in [6, 6.07) is -1.99. The smallest absolute Gasteiger partial charge is 0.296 e. The van der Waals surface area contributed by atoms with Crippen molar-refractivity contribution in [2.75, 3.05) is 0 Å². The van der Waals surface area contributed by atoms with Crippen molar-refractivity contribution in [1.29, 1.82) is 1.43 Å². The number of hydrogen-bond donors (Lipinski definition) is 2. The molecule has 0 aliphatic carbocycles. The highest BCUT2D eigenvalue weighted by Gasteiger charge is 1.96. The van der Waals surface area contributed by atoms with E-state index >= 15 is 0 Å². The SMILES string of the molecule is [2H]Oc1nc2c([2H])c([2H])c([2H])c([2H])c2n1[2H]. The maximum absolute atomic E-state index is 7.57. The molecule has 0 unspecified atom stereocenters. The lowest BCUT2D eigenvalue weighted by Crippen LogP contribution is -1.63. The van der Waals surface area contributed by atoms with E-state index < -0.39 is 18.1 Å². The van der Waals surface area contributed by atoms with Crippen molar-refractivity contribution in [3.05, 3.63) is 24.2 Å². The lowest BCUT2D eigenvalue weighted by molar-refractivity contribution is 0.438. The van der Waals surface area contributed by atoms with Crippen LogP contribution in [0.3, 0.4) is 0 Å². The molecular formula is C7H6N2O. The van der Waals surface area contributed by atoms with Gasteiger partial charge in [0.25, 0.3) is 7.44 Å². The van der Waals surface area contributed by atoms with E-state index in [1.807, 2.05) is 0 Å². The van der Waals surface area contributed by atoms with E-state index in [2.05, 4.69) is 10.1 Å². The van der Waals surface area contributed by atoms with Gasteiger partial charge in [-0.1, -0.05) is 12.1 Å². The van der Waals surface area contributed by atoms with Crippen LogP contribution in [-0.4, -0.2) is 16.5 Å². The van der Waals surface area contributed by atoms with Gasteiger partial charge in [-0.15, -0.1) is 0 Å². The third-order valence-electron chi connectivity index (χ3n) is 1.06. The number of aromatic amines is 1. The third-order valence-corrected chi connectivity index (χ3v) is 1.06. The molecule has 3 nitrogen and oxygen atoms in total. The van der Waals surface area contributed by atoms with Gasteiger partial charge in [-0.3, -0.25) is 0 Å². The van der Waals surface area contributed by atoms with Crippen LogP contribution in [0.1, 0.15) is 5.48 Å². The Balaban J connectivity index is 3.00. The molecule has 2 rings (SSSR count). The van der Waals surface area contributed by atoms with E-state index in [4.69, 9.17) is 8.33 Å².